The number of rotatable bonds is 3. The Morgan fingerprint density at radius 2 is 2.11 bits per heavy atom. The van der Waals surface area contributed by atoms with Crippen LogP contribution in [0.1, 0.15) is 45.1 Å². The van der Waals surface area contributed by atoms with Crippen molar-refractivity contribution in [3.63, 3.8) is 0 Å². The Bertz CT molecular complexity index is 444. The summed E-state index contributed by atoms with van der Waals surface area (Å²) >= 11 is 12.3. The molecule has 0 aliphatic heterocycles. The molecule has 2 atom stereocenters. The van der Waals surface area contributed by atoms with E-state index in [0.29, 0.717) is 28.3 Å². The van der Waals surface area contributed by atoms with Gasteiger partial charge >= 0.3 is 0 Å². The summed E-state index contributed by atoms with van der Waals surface area (Å²) in [6.45, 7) is 4.48. The van der Waals surface area contributed by atoms with Crippen LogP contribution in [-0.4, -0.2) is 10.7 Å². The normalized spacial score (nSPS) is 27.8. The molecule has 0 bridgehead atoms. The summed E-state index contributed by atoms with van der Waals surface area (Å²) in [6, 6.07) is 5.65. The van der Waals surface area contributed by atoms with Gasteiger partial charge in [0.1, 0.15) is 0 Å². The van der Waals surface area contributed by atoms with Crippen LogP contribution in [-0.2, 0) is 6.42 Å². The summed E-state index contributed by atoms with van der Waals surface area (Å²) in [5, 5.41) is 12.0. The molecule has 0 aromatic heterocycles. The van der Waals surface area contributed by atoms with Gasteiger partial charge in [-0.05, 0) is 42.7 Å². The molecular formula is C16H22Cl2O. The van der Waals surface area contributed by atoms with Crippen molar-refractivity contribution in [1.82, 2.24) is 0 Å². The molecule has 106 valence electrons. The van der Waals surface area contributed by atoms with Gasteiger partial charge in [0.15, 0.2) is 0 Å². The van der Waals surface area contributed by atoms with Crippen molar-refractivity contribution in [3.8, 4) is 0 Å². The molecule has 2 unspecified atom stereocenters. The smallest absolute Gasteiger partial charge is 0.0691 e. The lowest BCUT2D eigenvalue weighted by atomic mass is 9.71. The summed E-state index contributed by atoms with van der Waals surface area (Å²) in [5.41, 5.74) is 0.336. The van der Waals surface area contributed by atoms with Crippen molar-refractivity contribution >= 4 is 23.2 Å². The largest absolute Gasteiger partial charge is 0.390 e. The van der Waals surface area contributed by atoms with Gasteiger partial charge in [-0.3, -0.25) is 0 Å². The summed E-state index contributed by atoms with van der Waals surface area (Å²) in [5.74, 6) is 1.23. The van der Waals surface area contributed by atoms with E-state index in [2.05, 4.69) is 13.8 Å². The van der Waals surface area contributed by atoms with Gasteiger partial charge in [0.05, 0.1) is 15.6 Å². The molecule has 1 aromatic carbocycles. The Morgan fingerprint density at radius 1 is 1.37 bits per heavy atom. The topological polar surface area (TPSA) is 20.2 Å². The monoisotopic (exact) mass is 300 g/mol. The van der Waals surface area contributed by atoms with Gasteiger partial charge < -0.3 is 5.11 Å². The van der Waals surface area contributed by atoms with E-state index in [1.165, 1.54) is 6.42 Å². The summed E-state index contributed by atoms with van der Waals surface area (Å²) < 4.78 is 0. The van der Waals surface area contributed by atoms with E-state index in [1.807, 2.05) is 12.1 Å². The molecule has 3 heteroatoms. The van der Waals surface area contributed by atoms with Crippen molar-refractivity contribution in [1.29, 1.82) is 0 Å². The van der Waals surface area contributed by atoms with E-state index in [0.717, 1.165) is 24.8 Å². The Kier molecular flexibility index (Phi) is 4.81. The molecule has 0 spiro atoms. The average molecular weight is 301 g/mol. The Hall–Kier alpha value is -0.240. The van der Waals surface area contributed by atoms with Crippen LogP contribution in [0.15, 0.2) is 18.2 Å². The zero-order valence-corrected chi connectivity index (χ0v) is 13.1. The molecule has 19 heavy (non-hydrogen) atoms. The van der Waals surface area contributed by atoms with E-state index in [1.54, 1.807) is 6.07 Å². The van der Waals surface area contributed by atoms with E-state index in [4.69, 9.17) is 23.2 Å². The van der Waals surface area contributed by atoms with E-state index in [9.17, 15) is 5.11 Å². The molecule has 1 aromatic rings. The van der Waals surface area contributed by atoms with Crippen LogP contribution < -0.4 is 0 Å². The lowest BCUT2D eigenvalue weighted by Crippen LogP contribution is -2.38. The van der Waals surface area contributed by atoms with E-state index < -0.39 is 5.60 Å². The third kappa shape index (κ3) is 3.65. The van der Waals surface area contributed by atoms with Gasteiger partial charge in [-0.1, -0.05) is 55.6 Å². The molecule has 1 N–H and O–H groups in total. The standard InChI is InChI=1S/C16H22Cl2O/c1-11(2)12-6-4-8-16(19,9-12)10-13-5-3-7-14(17)15(13)18/h3,5,7,11-12,19H,4,6,8-10H2,1-2H3. The molecule has 2 rings (SSSR count). The molecule has 0 saturated heterocycles. The van der Waals surface area contributed by atoms with Crippen LogP contribution in [0.2, 0.25) is 10.0 Å². The van der Waals surface area contributed by atoms with Crippen molar-refractivity contribution in [3.05, 3.63) is 33.8 Å². The molecule has 0 heterocycles. The van der Waals surface area contributed by atoms with E-state index in [-0.39, 0.29) is 0 Å². The first-order valence-corrected chi connectivity index (χ1v) is 7.82. The van der Waals surface area contributed by atoms with Gasteiger partial charge in [0, 0.05) is 6.42 Å². The molecular weight excluding hydrogens is 279 g/mol. The molecule has 0 radical (unpaired) electrons. The molecule has 1 saturated carbocycles. The maximum Gasteiger partial charge on any atom is 0.0691 e. The Morgan fingerprint density at radius 3 is 2.79 bits per heavy atom. The number of halogens is 2. The first kappa shape index (κ1) is 15.2. The fraction of sp³-hybridized carbons (Fsp3) is 0.625. The number of benzene rings is 1. The summed E-state index contributed by atoms with van der Waals surface area (Å²) in [7, 11) is 0. The van der Waals surface area contributed by atoms with Crippen molar-refractivity contribution in [2.45, 2.75) is 51.6 Å². The average Bonchev–Trinajstić information content (AvgIpc) is 2.35. The lowest BCUT2D eigenvalue weighted by molar-refractivity contribution is -0.0239. The lowest BCUT2D eigenvalue weighted by Gasteiger charge is -2.39. The minimum absolute atomic E-state index is 0.569. The van der Waals surface area contributed by atoms with Crippen LogP contribution in [0.4, 0.5) is 0 Å². The third-order valence-corrected chi connectivity index (χ3v) is 5.21. The molecule has 0 amide bonds. The minimum atomic E-state index is -0.624. The maximum absolute atomic E-state index is 10.9. The quantitative estimate of drug-likeness (QED) is 0.822. The highest BCUT2D eigenvalue weighted by molar-refractivity contribution is 6.42. The second kappa shape index (κ2) is 6.03. The molecule has 1 fully saturated rings. The maximum atomic E-state index is 10.9. The second-order valence-corrected chi connectivity index (χ2v) is 7.00. The fourth-order valence-corrected chi connectivity index (χ4v) is 3.54. The number of aliphatic hydroxyl groups is 1. The predicted octanol–water partition coefficient (Wildman–Crippen LogP) is 5.11. The van der Waals surface area contributed by atoms with Crippen molar-refractivity contribution in [2.75, 3.05) is 0 Å². The Labute approximate surface area is 125 Å². The molecule has 1 aliphatic carbocycles. The van der Waals surface area contributed by atoms with Crippen molar-refractivity contribution in [2.24, 2.45) is 11.8 Å². The predicted molar refractivity (Wildman–Crippen MR) is 81.9 cm³/mol. The van der Waals surface area contributed by atoms with Gasteiger partial charge in [-0.15, -0.1) is 0 Å². The first-order valence-electron chi connectivity index (χ1n) is 7.06. The van der Waals surface area contributed by atoms with Crippen LogP contribution >= 0.6 is 23.2 Å². The van der Waals surface area contributed by atoms with Gasteiger partial charge in [0.25, 0.3) is 0 Å². The zero-order chi connectivity index (χ0) is 14.0. The third-order valence-electron chi connectivity index (χ3n) is 4.35. The van der Waals surface area contributed by atoms with Gasteiger partial charge in [-0.25, -0.2) is 0 Å². The highest BCUT2D eigenvalue weighted by Gasteiger charge is 2.35. The SMILES string of the molecule is CC(C)C1CCCC(O)(Cc2cccc(Cl)c2Cl)C1. The summed E-state index contributed by atoms with van der Waals surface area (Å²) in [4.78, 5) is 0. The van der Waals surface area contributed by atoms with Crippen LogP contribution in [0, 0.1) is 11.8 Å². The number of hydrogen-bond acceptors (Lipinski definition) is 1. The zero-order valence-electron chi connectivity index (χ0n) is 11.6. The van der Waals surface area contributed by atoms with Crippen LogP contribution in [0.5, 0.6) is 0 Å². The molecule has 1 aliphatic rings. The fourth-order valence-electron chi connectivity index (χ4n) is 3.15. The number of hydrogen-bond donors (Lipinski definition) is 1. The molecule has 1 nitrogen and oxygen atoms in total. The van der Waals surface area contributed by atoms with Crippen LogP contribution in [0.3, 0.4) is 0 Å². The Balaban J connectivity index is 2.14. The minimum Gasteiger partial charge on any atom is -0.390 e. The van der Waals surface area contributed by atoms with E-state index >= 15 is 0 Å². The first-order chi connectivity index (χ1) is 8.91. The van der Waals surface area contributed by atoms with Crippen molar-refractivity contribution < 1.29 is 5.11 Å². The van der Waals surface area contributed by atoms with Crippen LogP contribution in [0.25, 0.3) is 0 Å². The van der Waals surface area contributed by atoms with Gasteiger partial charge in [0.2, 0.25) is 0 Å². The summed E-state index contributed by atoms with van der Waals surface area (Å²) in [6.07, 6.45) is 4.66. The highest BCUT2D eigenvalue weighted by Crippen LogP contribution is 2.39. The highest BCUT2D eigenvalue weighted by atomic mass is 35.5. The van der Waals surface area contributed by atoms with Gasteiger partial charge in [-0.2, -0.15) is 0 Å². The second-order valence-electron chi connectivity index (χ2n) is 6.21.